The average Bonchev–Trinajstić information content (AvgIpc) is 2.73. The van der Waals surface area contributed by atoms with E-state index in [1.54, 1.807) is 0 Å². The Kier molecular flexibility index (Phi) is 10.1. The van der Waals surface area contributed by atoms with Crippen molar-refractivity contribution in [3.05, 3.63) is 23.8 Å². The van der Waals surface area contributed by atoms with Crippen molar-refractivity contribution < 1.29 is 24.2 Å². The van der Waals surface area contributed by atoms with Gasteiger partial charge in [-0.15, -0.1) is 0 Å². The van der Waals surface area contributed by atoms with E-state index < -0.39 is 6.10 Å². The largest absolute Gasteiger partial charge is 0.469 e. The van der Waals surface area contributed by atoms with E-state index in [4.69, 9.17) is 4.74 Å². The number of methoxy groups -OCH3 is 1. The highest BCUT2D eigenvalue weighted by Crippen LogP contribution is 2.42. The van der Waals surface area contributed by atoms with E-state index >= 15 is 0 Å². The smallest absolute Gasteiger partial charge is 0.308 e. The zero-order valence-electron chi connectivity index (χ0n) is 19.1. The molecule has 1 heterocycles. The molecule has 0 bridgehead atoms. The first-order chi connectivity index (χ1) is 14.4. The van der Waals surface area contributed by atoms with Crippen LogP contribution >= 0.6 is 0 Å². The van der Waals surface area contributed by atoms with Gasteiger partial charge in [0.15, 0.2) is 0 Å². The molecule has 3 unspecified atom stereocenters. The van der Waals surface area contributed by atoms with Gasteiger partial charge in [0.05, 0.1) is 25.6 Å². The number of aliphatic hydroxyl groups is 1. The van der Waals surface area contributed by atoms with Crippen LogP contribution in [0, 0.1) is 23.7 Å². The Labute approximate surface area is 181 Å². The second kappa shape index (κ2) is 12.3. The van der Waals surface area contributed by atoms with Gasteiger partial charge in [-0.25, -0.2) is 0 Å². The van der Waals surface area contributed by atoms with Crippen LogP contribution in [0.2, 0.25) is 0 Å². The predicted octanol–water partition coefficient (Wildman–Crippen LogP) is 4.98. The molecule has 3 rings (SSSR count). The Hall–Kier alpha value is -1.62. The van der Waals surface area contributed by atoms with E-state index in [0.717, 1.165) is 25.7 Å². The minimum atomic E-state index is -0.509. The molecule has 0 aromatic rings. The number of aliphatic hydroxyl groups excluding tert-OH is 1. The Morgan fingerprint density at radius 1 is 1.30 bits per heavy atom. The maximum absolute atomic E-state index is 11.4. The van der Waals surface area contributed by atoms with Crippen LogP contribution in [0.5, 0.6) is 0 Å². The number of hydrogen-bond donors (Lipinski definition) is 1. The Balaban J connectivity index is 0.000000303. The molecule has 1 fully saturated rings. The summed E-state index contributed by atoms with van der Waals surface area (Å²) in [5.41, 5.74) is 1.52. The van der Waals surface area contributed by atoms with Crippen LogP contribution < -0.4 is 0 Å². The second-order valence-electron chi connectivity index (χ2n) is 8.94. The number of fused-ring (bicyclic) bond motifs is 1. The molecule has 5 heteroatoms. The number of allylic oxidation sites excluding steroid dienone is 4. The summed E-state index contributed by atoms with van der Waals surface area (Å²) in [7, 11) is 1.43. The lowest BCUT2D eigenvalue weighted by molar-refractivity contribution is -0.160. The van der Waals surface area contributed by atoms with Crippen molar-refractivity contribution in [2.24, 2.45) is 23.7 Å². The summed E-state index contributed by atoms with van der Waals surface area (Å²) < 4.78 is 9.94. The molecule has 3 aliphatic rings. The van der Waals surface area contributed by atoms with Crippen molar-refractivity contribution in [3.63, 3.8) is 0 Å². The first-order valence-corrected chi connectivity index (χ1v) is 11.7. The first kappa shape index (κ1) is 24.6. The molecule has 5 atom stereocenters. The number of ether oxygens (including phenoxy) is 2. The van der Waals surface area contributed by atoms with Crippen LogP contribution in [0.4, 0.5) is 0 Å². The molecule has 0 aromatic carbocycles. The molecular weight excluding hydrogens is 380 g/mol. The number of carbonyl (C=O) groups is 2. The van der Waals surface area contributed by atoms with E-state index in [1.807, 2.05) is 13.8 Å². The number of hydrogen-bond acceptors (Lipinski definition) is 5. The van der Waals surface area contributed by atoms with Crippen LogP contribution in [0.25, 0.3) is 0 Å². The fourth-order valence-electron chi connectivity index (χ4n) is 5.02. The zero-order valence-corrected chi connectivity index (χ0v) is 19.1. The first-order valence-electron chi connectivity index (χ1n) is 11.7. The molecule has 0 aromatic heterocycles. The summed E-state index contributed by atoms with van der Waals surface area (Å²) in [4.78, 5) is 22.2. The SMILES string of the molecule is CC1C=CC2=CCCCC2C1CC[C@@H]1C[C@@H](O)CC(=O)O1.CCC(CC)C(=O)OC. The van der Waals surface area contributed by atoms with E-state index in [2.05, 4.69) is 29.9 Å². The number of rotatable bonds is 6. The molecule has 0 radical (unpaired) electrons. The molecular formula is C25H40O5. The van der Waals surface area contributed by atoms with Crippen molar-refractivity contribution in [2.45, 2.75) is 90.8 Å². The van der Waals surface area contributed by atoms with Crippen LogP contribution in [0.3, 0.4) is 0 Å². The molecule has 0 saturated carbocycles. The summed E-state index contributed by atoms with van der Waals surface area (Å²) in [6.07, 6.45) is 14.7. The van der Waals surface area contributed by atoms with E-state index in [9.17, 15) is 14.7 Å². The van der Waals surface area contributed by atoms with Crippen molar-refractivity contribution in [2.75, 3.05) is 7.11 Å². The lowest BCUT2D eigenvalue weighted by Crippen LogP contribution is -2.34. The van der Waals surface area contributed by atoms with Crippen molar-refractivity contribution in [1.29, 1.82) is 0 Å². The normalized spacial score (nSPS) is 30.5. The summed E-state index contributed by atoms with van der Waals surface area (Å²) in [6, 6.07) is 0. The zero-order chi connectivity index (χ0) is 22.1. The van der Waals surface area contributed by atoms with E-state index in [0.29, 0.717) is 24.2 Å². The number of esters is 2. The van der Waals surface area contributed by atoms with E-state index in [1.165, 1.54) is 31.9 Å². The molecule has 30 heavy (non-hydrogen) atoms. The molecule has 170 valence electrons. The van der Waals surface area contributed by atoms with Gasteiger partial charge in [-0.05, 0) is 68.3 Å². The minimum Gasteiger partial charge on any atom is -0.469 e. The molecule has 5 nitrogen and oxygen atoms in total. The monoisotopic (exact) mass is 420 g/mol. The Morgan fingerprint density at radius 2 is 2.03 bits per heavy atom. The van der Waals surface area contributed by atoms with Crippen LogP contribution in [-0.2, 0) is 19.1 Å². The maximum atomic E-state index is 11.4. The quantitative estimate of drug-likeness (QED) is 0.614. The summed E-state index contributed by atoms with van der Waals surface area (Å²) in [6.45, 7) is 6.28. The Morgan fingerprint density at radius 3 is 2.63 bits per heavy atom. The van der Waals surface area contributed by atoms with Crippen molar-refractivity contribution in [3.8, 4) is 0 Å². The third kappa shape index (κ3) is 6.97. The second-order valence-corrected chi connectivity index (χ2v) is 8.94. The maximum Gasteiger partial charge on any atom is 0.308 e. The number of cyclic esters (lactones) is 1. The highest BCUT2D eigenvalue weighted by atomic mass is 16.5. The molecule has 0 spiro atoms. The van der Waals surface area contributed by atoms with Crippen molar-refractivity contribution >= 4 is 11.9 Å². The van der Waals surface area contributed by atoms with Crippen LogP contribution in [-0.4, -0.2) is 36.4 Å². The van der Waals surface area contributed by atoms with E-state index in [-0.39, 0.29) is 30.4 Å². The highest BCUT2D eigenvalue weighted by Gasteiger charge is 2.34. The fraction of sp³-hybridized carbons (Fsp3) is 0.760. The van der Waals surface area contributed by atoms with Gasteiger partial charge in [-0.2, -0.15) is 0 Å². The van der Waals surface area contributed by atoms with Gasteiger partial charge in [0.25, 0.3) is 0 Å². The minimum absolute atomic E-state index is 0.0833. The summed E-state index contributed by atoms with van der Waals surface area (Å²) in [5, 5.41) is 9.71. The third-order valence-electron chi connectivity index (χ3n) is 6.89. The van der Waals surface area contributed by atoms with Gasteiger partial charge in [0.2, 0.25) is 0 Å². The average molecular weight is 421 g/mol. The molecule has 1 N–H and O–H groups in total. The van der Waals surface area contributed by atoms with Crippen LogP contribution in [0.1, 0.15) is 78.6 Å². The molecule has 1 aliphatic heterocycles. The Bertz CT molecular complexity index is 619. The third-order valence-corrected chi connectivity index (χ3v) is 6.89. The molecule has 0 amide bonds. The number of carbonyl (C=O) groups excluding carboxylic acids is 2. The predicted molar refractivity (Wildman–Crippen MR) is 118 cm³/mol. The summed E-state index contributed by atoms with van der Waals surface area (Å²) >= 11 is 0. The topological polar surface area (TPSA) is 72.8 Å². The fourth-order valence-corrected chi connectivity index (χ4v) is 5.02. The summed E-state index contributed by atoms with van der Waals surface area (Å²) in [5.74, 6) is 1.71. The van der Waals surface area contributed by atoms with Gasteiger partial charge in [0, 0.05) is 6.42 Å². The van der Waals surface area contributed by atoms with Crippen LogP contribution in [0.15, 0.2) is 23.8 Å². The van der Waals surface area contributed by atoms with Gasteiger partial charge in [-0.3, -0.25) is 9.59 Å². The molecule has 2 aliphatic carbocycles. The van der Waals surface area contributed by atoms with Gasteiger partial charge in [0.1, 0.15) is 6.10 Å². The van der Waals surface area contributed by atoms with Crippen molar-refractivity contribution in [1.82, 2.24) is 0 Å². The lowest BCUT2D eigenvalue weighted by atomic mass is 9.68. The highest BCUT2D eigenvalue weighted by molar-refractivity contribution is 5.72. The standard InChI is InChI=1S/C18H26O3.C7H14O2/c1-12-6-7-13-4-2-3-5-17(13)16(12)9-8-15-10-14(19)11-18(20)21-15;1-4-6(5-2)7(8)9-3/h4,6-7,12,14-17,19H,2-3,5,8-11H2,1H3;6H,4-5H2,1-3H3/t12?,14-,15-,16?,17?;/m1./s1. The van der Waals surface area contributed by atoms with Gasteiger partial charge in [-0.1, -0.05) is 39.0 Å². The molecule has 1 saturated heterocycles. The lowest BCUT2D eigenvalue weighted by Gasteiger charge is -2.38. The van der Waals surface area contributed by atoms with Gasteiger partial charge < -0.3 is 14.6 Å². The van der Waals surface area contributed by atoms with Gasteiger partial charge >= 0.3 is 11.9 Å².